The van der Waals surface area contributed by atoms with Gasteiger partial charge in [-0.2, -0.15) is 0 Å². The lowest BCUT2D eigenvalue weighted by molar-refractivity contribution is -0.0340. The summed E-state index contributed by atoms with van der Waals surface area (Å²) in [5, 5.41) is 3.53. The van der Waals surface area contributed by atoms with Gasteiger partial charge in [0.1, 0.15) is 17.7 Å². The number of methoxy groups -OCH3 is 1. The fourth-order valence-corrected chi connectivity index (χ4v) is 3.33. The van der Waals surface area contributed by atoms with Crippen molar-refractivity contribution in [2.45, 2.75) is 18.9 Å². The Morgan fingerprint density at radius 3 is 3.08 bits per heavy atom. The van der Waals surface area contributed by atoms with Gasteiger partial charge in [-0.25, -0.2) is 4.98 Å². The molecular weight excluding hydrogens is 314 g/mol. The molecule has 1 aliphatic rings. The van der Waals surface area contributed by atoms with Gasteiger partial charge in [0.2, 0.25) is 0 Å². The average Bonchev–Trinajstić information content (AvgIpc) is 3.08. The Kier molecular flexibility index (Phi) is 6.25. The van der Waals surface area contributed by atoms with E-state index in [1.165, 1.54) is 6.42 Å². The van der Waals surface area contributed by atoms with Gasteiger partial charge in [0.05, 0.1) is 7.11 Å². The molecule has 0 unspecified atom stereocenters. The van der Waals surface area contributed by atoms with Gasteiger partial charge in [0, 0.05) is 50.6 Å². The van der Waals surface area contributed by atoms with E-state index >= 15 is 0 Å². The standard InChI is InChI=1S/C20H27N3O2/c1-23-13-12-22-20(23)19-17(9-6-14-25-19)15-21-11-5-8-16-7-3-4-10-18(16)24-2/h3-5,7-8,10,12-13,17,19,21H,6,9,11,14-15H2,1-2H3/b8-5+/t17-,19+/m0/s1. The van der Waals surface area contributed by atoms with E-state index in [1.807, 2.05) is 37.6 Å². The van der Waals surface area contributed by atoms with Crippen molar-refractivity contribution in [3.8, 4) is 5.75 Å². The molecule has 1 aromatic heterocycles. The van der Waals surface area contributed by atoms with Crippen LogP contribution in [-0.2, 0) is 11.8 Å². The van der Waals surface area contributed by atoms with E-state index in [4.69, 9.17) is 9.47 Å². The molecule has 5 nitrogen and oxygen atoms in total. The van der Waals surface area contributed by atoms with Crippen molar-refractivity contribution in [1.29, 1.82) is 0 Å². The van der Waals surface area contributed by atoms with E-state index in [9.17, 15) is 0 Å². The van der Waals surface area contributed by atoms with Gasteiger partial charge in [-0.15, -0.1) is 0 Å². The lowest BCUT2D eigenvalue weighted by Crippen LogP contribution is -2.33. The van der Waals surface area contributed by atoms with Gasteiger partial charge in [-0.3, -0.25) is 0 Å². The minimum atomic E-state index is 0.0828. The van der Waals surface area contributed by atoms with Crippen LogP contribution in [0.3, 0.4) is 0 Å². The van der Waals surface area contributed by atoms with E-state index in [1.54, 1.807) is 7.11 Å². The zero-order valence-electron chi connectivity index (χ0n) is 15.0. The molecule has 2 aromatic rings. The molecule has 0 spiro atoms. The second-order valence-electron chi connectivity index (χ2n) is 6.39. The van der Waals surface area contributed by atoms with Gasteiger partial charge in [-0.1, -0.05) is 30.4 Å². The van der Waals surface area contributed by atoms with Crippen LogP contribution in [0.25, 0.3) is 6.08 Å². The summed E-state index contributed by atoms with van der Waals surface area (Å²) >= 11 is 0. The van der Waals surface area contributed by atoms with Gasteiger partial charge >= 0.3 is 0 Å². The van der Waals surface area contributed by atoms with E-state index < -0.39 is 0 Å². The number of benzene rings is 1. The topological polar surface area (TPSA) is 48.3 Å². The third-order valence-corrected chi connectivity index (χ3v) is 4.66. The van der Waals surface area contributed by atoms with Crippen LogP contribution in [0.1, 0.15) is 30.3 Å². The Labute approximate surface area is 149 Å². The van der Waals surface area contributed by atoms with Gasteiger partial charge in [-0.05, 0) is 18.9 Å². The summed E-state index contributed by atoms with van der Waals surface area (Å²) in [5.74, 6) is 2.37. The number of imidazole rings is 1. The molecule has 0 aliphatic carbocycles. The molecule has 2 heterocycles. The van der Waals surface area contributed by atoms with Crippen molar-refractivity contribution in [3.63, 3.8) is 0 Å². The van der Waals surface area contributed by atoms with E-state index in [0.29, 0.717) is 5.92 Å². The zero-order chi connectivity index (χ0) is 17.5. The molecule has 1 saturated heterocycles. The Morgan fingerprint density at radius 1 is 1.40 bits per heavy atom. The summed E-state index contributed by atoms with van der Waals surface area (Å²) in [6.07, 6.45) is 10.4. The van der Waals surface area contributed by atoms with E-state index in [2.05, 4.69) is 33.1 Å². The van der Waals surface area contributed by atoms with Crippen LogP contribution in [0.2, 0.25) is 0 Å². The number of aromatic nitrogens is 2. The van der Waals surface area contributed by atoms with Gasteiger partial charge < -0.3 is 19.4 Å². The second-order valence-corrected chi connectivity index (χ2v) is 6.39. The highest BCUT2D eigenvalue weighted by Gasteiger charge is 2.29. The van der Waals surface area contributed by atoms with Gasteiger partial charge in [0.25, 0.3) is 0 Å². The first-order chi connectivity index (χ1) is 12.3. The minimum Gasteiger partial charge on any atom is -0.496 e. The highest BCUT2D eigenvalue weighted by molar-refractivity contribution is 5.57. The summed E-state index contributed by atoms with van der Waals surface area (Å²) in [4.78, 5) is 4.48. The number of ether oxygens (including phenoxy) is 2. The summed E-state index contributed by atoms with van der Waals surface area (Å²) in [7, 11) is 3.73. The van der Waals surface area contributed by atoms with E-state index in [-0.39, 0.29) is 6.10 Å². The monoisotopic (exact) mass is 341 g/mol. The molecule has 25 heavy (non-hydrogen) atoms. The maximum absolute atomic E-state index is 6.01. The lowest BCUT2D eigenvalue weighted by atomic mass is 9.93. The highest BCUT2D eigenvalue weighted by Crippen LogP contribution is 2.32. The first-order valence-corrected chi connectivity index (χ1v) is 8.88. The molecule has 0 bridgehead atoms. The minimum absolute atomic E-state index is 0.0828. The predicted molar refractivity (Wildman–Crippen MR) is 99.5 cm³/mol. The predicted octanol–water partition coefficient (Wildman–Crippen LogP) is 3.20. The number of aryl methyl sites for hydroxylation is 1. The van der Waals surface area contributed by atoms with Crippen LogP contribution in [-0.4, -0.2) is 36.4 Å². The van der Waals surface area contributed by atoms with Crippen molar-refractivity contribution in [2.24, 2.45) is 13.0 Å². The van der Waals surface area contributed by atoms with Crippen LogP contribution in [0.4, 0.5) is 0 Å². The first-order valence-electron chi connectivity index (χ1n) is 8.88. The molecule has 5 heteroatoms. The molecule has 1 aliphatic heterocycles. The normalized spacial score (nSPS) is 20.9. The Bertz CT molecular complexity index is 696. The number of para-hydroxylation sites is 1. The van der Waals surface area contributed by atoms with Crippen molar-refractivity contribution in [1.82, 2.24) is 14.9 Å². The molecule has 1 aromatic carbocycles. The number of hydrogen-bond donors (Lipinski definition) is 1. The first kappa shape index (κ1) is 17.7. The number of nitrogens with one attached hydrogen (secondary N) is 1. The second kappa shape index (κ2) is 8.83. The quantitative estimate of drug-likeness (QED) is 0.786. The number of nitrogens with zero attached hydrogens (tertiary/aromatic N) is 2. The van der Waals surface area contributed by atoms with Crippen molar-refractivity contribution < 1.29 is 9.47 Å². The molecular formula is C20H27N3O2. The summed E-state index contributed by atoms with van der Waals surface area (Å²) < 4.78 is 13.4. The number of hydrogen-bond acceptors (Lipinski definition) is 4. The Hall–Kier alpha value is -2.11. The molecule has 0 radical (unpaired) electrons. The summed E-state index contributed by atoms with van der Waals surface area (Å²) in [5.41, 5.74) is 1.10. The van der Waals surface area contributed by atoms with E-state index in [0.717, 1.165) is 43.3 Å². The lowest BCUT2D eigenvalue weighted by Gasteiger charge is -2.31. The maximum Gasteiger partial charge on any atom is 0.137 e. The fourth-order valence-electron chi connectivity index (χ4n) is 3.33. The van der Waals surface area contributed by atoms with Crippen molar-refractivity contribution in [2.75, 3.05) is 26.8 Å². The van der Waals surface area contributed by atoms with Crippen LogP contribution in [0.15, 0.2) is 42.7 Å². The third-order valence-electron chi connectivity index (χ3n) is 4.66. The number of rotatable bonds is 7. The third kappa shape index (κ3) is 4.50. The Morgan fingerprint density at radius 2 is 2.28 bits per heavy atom. The van der Waals surface area contributed by atoms with Crippen LogP contribution >= 0.6 is 0 Å². The van der Waals surface area contributed by atoms with Crippen molar-refractivity contribution >= 4 is 6.08 Å². The fraction of sp³-hybridized carbons (Fsp3) is 0.450. The summed E-state index contributed by atoms with van der Waals surface area (Å²) in [6, 6.07) is 8.03. The van der Waals surface area contributed by atoms with Crippen molar-refractivity contribution in [3.05, 3.63) is 54.1 Å². The zero-order valence-corrected chi connectivity index (χ0v) is 15.0. The molecule has 0 amide bonds. The molecule has 1 fully saturated rings. The maximum atomic E-state index is 6.01. The SMILES string of the molecule is COc1ccccc1/C=C/CNC[C@@H]1CCCO[C@H]1c1nccn1C. The van der Waals surface area contributed by atoms with Crippen LogP contribution in [0.5, 0.6) is 5.75 Å². The molecule has 1 N–H and O–H groups in total. The highest BCUT2D eigenvalue weighted by atomic mass is 16.5. The smallest absolute Gasteiger partial charge is 0.137 e. The Balaban J connectivity index is 1.52. The molecule has 3 rings (SSSR count). The van der Waals surface area contributed by atoms with Gasteiger partial charge in [0.15, 0.2) is 0 Å². The molecule has 134 valence electrons. The van der Waals surface area contributed by atoms with Crippen LogP contribution in [0, 0.1) is 5.92 Å². The largest absolute Gasteiger partial charge is 0.496 e. The molecule has 2 atom stereocenters. The summed E-state index contributed by atoms with van der Waals surface area (Å²) in [6.45, 7) is 2.57. The van der Waals surface area contributed by atoms with Crippen LogP contribution < -0.4 is 10.1 Å². The average molecular weight is 341 g/mol. The molecule has 0 saturated carbocycles.